The predicted molar refractivity (Wildman–Crippen MR) is 114 cm³/mol. The molecule has 1 aromatic heterocycles. The van der Waals surface area contributed by atoms with E-state index in [1.165, 1.54) is 38.1 Å². The number of fused-ring (bicyclic) bond motifs is 6. The zero-order valence-electron chi connectivity index (χ0n) is 14.6. The minimum absolute atomic E-state index is 0.943. The van der Waals surface area contributed by atoms with Gasteiger partial charge in [-0.1, -0.05) is 66.7 Å². The summed E-state index contributed by atoms with van der Waals surface area (Å²) in [4.78, 5) is 0. The Balaban J connectivity index is 1.58. The molecular formula is C26H16O. The third-order valence-corrected chi connectivity index (χ3v) is 5.44. The zero-order valence-corrected chi connectivity index (χ0v) is 14.6. The van der Waals surface area contributed by atoms with E-state index in [-0.39, 0.29) is 0 Å². The SMILES string of the molecule is c1ccc2cc(-c3ccc4c(ccc5c6ccccc6oc45)c3)ccc2c1. The van der Waals surface area contributed by atoms with Crippen LogP contribution in [-0.2, 0) is 0 Å². The minimum atomic E-state index is 0.943. The van der Waals surface area contributed by atoms with E-state index >= 15 is 0 Å². The summed E-state index contributed by atoms with van der Waals surface area (Å²) in [6.45, 7) is 0. The van der Waals surface area contributed by atoms with Crippen LogP contribution in [-0.4, -0.2) is 0 Å². The standard InChI is InChI=1S/C26H16O/c1-2-6-18-15-19(10-9-17(18)5-1)20-11-13-22-21(16-20)12-14-24-23-7-3-4-8-25(23)27-26(22)24/h1-16H. The first-order valence-corrected chi connectivity index (χ1v) is 9.20. The molecule has 0 saturated heterocycles. The molecule has 126 valence electrons. The van der Waals surface area contributed by atoms with Crippen molar-refractivity contribution in [3.8, 4) is 11.1 Å². The summed E-state index contributed by atoms with van der Waals surface area (Å²) in [5.74, 6) is 0. The molecule has 0 saturated carbocycles. The lowest BCUT2D eigenvalue weighted by molar-refractivity contribution is 0.672. The van der Waals surface area contributed by atoms with Crippen LogP contribution in [0.2, 0.25) is 0 Å². The second-order valence-electron chi connectivity index (χ2n) is 7.04. The molecule has 1 nitrogen and oxygen atoms in total. The highest BCUT2D eigenvalue weighted by Gasteiger charge is 2.10. The van der Waals surface area contributed by atoms with Gasteiger partial charge in [-0.05, 0) is 57.6 Å². The van der Waals surface area contributed by atoms with Crippen molar-refractivity contribution < 1.29 is 4.42 Å². The quantitative estimate of drug-likeness (QED) is 0.300. The third kappa shape index (κ3) is 2.18. The van der Waals surface area contributed by atoms with E-state index in [9.17, 15) is 0 Å². The van der Waals surface area contributed by atoms with Gasteiger partial charge in [-0.2, -0.15) is 0 Å². The Morgan fingerprint density at radius 2 is 1.11 bits per heavy atom. The normalized spacial score (nSPS) is 11.7. The van der Waals surface area contributed by atoms with Gasteiger partial charge in [0.25, 0.3) is 0 Å². The maximum atomic E-state index is 6.17. The maximum Gasteiger partial charge on any atom is 0.143 e. The molecule has 0 atom stereocenters. The first-order valence-electron chi connectivity index (χ1n) is 9.20. The summed E-state index contributed by atoms with van der Waals surface area (Å²) in [6.07, 6.45) is 0. The molecule has 0 aliphatic carbocycles. The molecule has 5 aromatic carbocycles. The van der Waals surface area contributed by atoms with Gasteiger partial charge in [-0.15, -0.1) is 0 Å². The average molecular weight is 344 g/mol. The highest BCUT2D eigenvalue weighted by molar-refractivity contribution is 6.15. The van der Waals surface area contributed by atoms with E-state index in [1.807, 2.05) is 12.1 Å². The van der Waals surface area contributed by atoms with Gasteiger partial charge in [-0.25, -0.2) is 0 Å². The third-order valence-electron chi connectivity index (χ3n) is 5.44. The molecule has 0 aliphatic rings. The molecular weight excluding hydrogens is 328 g/mol. The highest BCUT2D eigenvalue weighted by Crippen LogP contribution is 2.35. The Bertz CT molecular complexity index is 1470. The lowest BCUT2D eigenvalue weighted by atomic mass is 9.98. The number of rotatable bonds is 1. The van der Waals surface area contributed by atoms with E-state index in [0.29, 0.717) is 0 Å². The van der Waals surface area contributed by atoms with Crippen LogP contribution < -0.4 is 0 Å². The van der Waals surface area contributed by atoms with E-state index in [2.05, 4.69) is 84.9 Å². The zero-order chi connectivity index (χ0) is 17.8. The number of hydrogen-bond donors (Lipinski definition) is 0. The second-order valence-corrected chi connectivity index (χ2v) is 7.04. The maximum absolute atomic E-state index is 6.17. The first kappa shape index (κ1) is 14.6. The molecule has 0 fully saturated rings. The second kappa shape index (κ2) is 5.46. The van der Waals surface area contributed by atoms with Gasteiger partial charge in [0.1, 0.15) is 11.2 Å². The lowest BCUT2D eigenvalue weighted by Gasteiger charge is -2.06. The monoisotopic (exact) mass is 344 g/mol. The molecule has 0 aliphatic heterocycles. The van der Waals surface area contributed by atoms with Crippen molar-refractivity contribution in [2.45, 2.75) is 0 Å². The Morgan fingerprint density at radius 1 is 0.444 bits per heavy atom. The predicted octanol–water partition coefficient (Wildman–Crippen LogP) is 7.56. The molecule has 6 aromatic rings. The molecule has 0 bridgehead atoms. The van der Waals surface area contributed by atoms with Crippen LogP contribution in [0.4, 0.5) is 0 Å². The summed E-state index contributed by atoms with van der Waals surface area (Å²) in [5.41, 5.74) is 4.38. The van der Waals surface area contributed by atoms with Crippen LogP contribution in [0.1, 0.15) is 0 Å². The fourth-order valence-electron chi connectivity index (χ4n) is 4.06. The molecule has 6 rings (SSSR count). The Hall–Kier alpha value is -3.58. The Labute approximate surface area is 156 Å². The van der Waals surface area contributed by atoms with E-state index < -0.39 is 0 Å². The average Bonchev–Trinajstić information content (AvgIpc) is 3.12. The molecule has 27 heavy (non-hydrogen) atoms. The van der Waals surface area contributed by atoms with E-state index in [1.54, 1.807) is 0 Å². The molecule has 0 spiro atoms. The molecule has 1 heteroatoms. The van der Waals surface area contributed by atoms with Gasteiger partial charge in [-0.3, -0.25) is 0 Å². The summed E-state index contributed by atoms with van der Waals surface area (Å²) in [6, 6.07) is 34.4. The summed E-state index contributed by atoms with van der Waals surface area (Å²) in [7, 11) is 0. The molecule has 0 N–H and O–H groups in total. The van der Waals surface area contributed by atoms with E-state index in [0.717, 1.165) is 16.6 Å². The van der Waals surface area contributed by atoms with Crippen molar-refractivity contribution in [2.24, 2.45) is 0 Å². The van der Waals surface area contributed by atoms with Crippen molar-refractivity contribution >= 4 is 43.5 Å². The van der Waals surface area contributed by atoms with Gasteiger partial charge in [0.15, 0.2) is 0 Å². The highest BCUT2D eigenvalue weighted by atomic mass is 16.3. The van der Waals surface area contributed by atoms with Crippen molar-refractivity contribution in [3.05, 3.63) is 97.1 Å². The van der Waals surface area contributed by atoms with Crippen molar-refractivity contribution in [1.82, 2.24) is 0 Å². The smallest absolute Gasteiger partial charge is 0.143 e. The Morgan fingerprint density at radius 3 is 2.04 bits per heavy atom. The minimum Gasteiger partial charge on any atom is -0.455 e. The lowest BCUT2D eigenvalue weighted by Crippen LogP contribution is -1.81. The number of furan rings is 1. The fourth-order valence-corrected chi connectivity index (χ4v) is 4.06. The summed E-state index contributed by atoms with van der Waals surface area (Å²) in [5, 5.41) is 7.25. The number of benzene rings is 5. The molecule has 0 radical (unpaired) electrons. The number of hydrogen-bond acceptors (Lipinski definition) is 1. The van der Waals surface area contributed by atoms with Gasteiger partial charge >= 0.3 is 0 Å². The van der Waals surface area contributed by atoms with Gasteiger partial charge in [0.2, 0.25) is 0 Å². The number of para-hydroxylation sites is 1. The van der Waals surface area contributed by atoms with Crippen molar-refractivity contribution in [3.63, 3.8) is 0 Å². The molecule has 1 heterocycles. The van der Waals surface area contributed by atoms with E-state index in [4.69, 9.17) is 4.42 Å². The van der Waals surface area contributed by atoms with Gasteiger partial charge < -0.3 is 4.42 Å². The van der Waals surface area contributed by atoms with Crippen LogP contribution in [0.25, 0.3) is 54.6 Å². The largest absolute Gasteiger partial charge is 0.455 e. The first-order chi connectivity index (χ1) is 13.4. The van der Waals surface area contributed by atoms with Crippen molar-refractivity contribution in [1.29, 1.82) is 0 Å². The van der Waals surface area contributed by atoms with Crippen LogP contribution in [0.15, 0.2) is 101 Å². The van der Waals surface area contributed by atoms with Crippen LogP contribution in [0.3, 0.4) is 0 Å². The summed E-state index contributed by atoms with van der Waals surface area (Å²) >= 11 is 0. The van der Waals surface area contributed by atoms with Crippen LogP contribution >= 0.6 is 0 Å². The molecule has 0 unspecified atom stereocenters. The fraction of sp³-hybridized carbons (Fsp3) is 0. The topological polar surface area (TPSA) is 13.1 Å². The van der Waals surface area contributed by atoms with Gasteiger partial charge in [0.05, 0.1) is 0 Å². The summed E-state index contributed by atoms with van der Waals surface area (Å²) < 4.78 is 6.17. The van der Waals surface area contributed by atoms with Gasteiger partial charge in [0, 0.05) is 16.2 Å². The molecule has 0 amide bonds. The Kier molecular flexibility index (Phi) is 2.95. The van der Waals surface area contributed by atoms with Crippen LogP contribution in [0, 0.1) is 0 Å². The van der Waals surface area contributed by atoms with Crippen LogP contribution in [0.5, 0.6) is 0 Å². The van der Waals surface area contributed by atoms with Crippen molar-refractivity contribution in [2.75, 3.05) is 0 Å².